The normalized spacial score (nSPS) is 10.8. The Morgan fingerprint density at radius 2 is 1.90 bits per heavy atom. The van der Waals surface area contributed by atoms with E-state index in [1.807, 2.05) is 25.2 Å². The van der Waals surface area contributed by atoms with Crippen molar-refractivity contribution in [3.63, 3.8) is 0 Å². The van der Waals surface area contributed by atoms with Crippen LogP contribution in [-0.2, 0) is 13.6 Å². The zero-order chi connectivity index (χ0) is 14.8. The second kappa shape index (κ2) is 5.48. The molecular weight excluding hydrogens is 262 g/mol. The van der Waals surface area contributed by atoms with Crippen molar-refractivity contribution in [2.75, 3.05) is 12.4 Å². The van der Waals surface area contributed by atoms with Crippen molar-refractivity contribution in [3.8, 4) is 5.75 Å². The Hall–Kier alpha value is -2.49. The van der Waals surface area contributed by atoms with Crippen molar-refractivity contribution in [3.05, 3.63) is 53.9 Å². The zero-order valence-corrected chi connectivity index (χ0v) is 12.6. The quantitative estimate of drug-likeness (QED) is 0.795. The first-order valence-corrected chi connectivity index (χ1v) is 6.97. The highest BCUT2D eigenvalue weighted by molar-refractivity contribution is 5.77. The molecule has 1 aromatic heterocycles. The average Bonchev–Trinajstić information content (AvgIpc) is 2.82. The molecular formula is C17H19N3O. The fraction of sp³-hybridized carbons (Fsp3) is 0.235. The van der Waals surface area contributed by atoms with Gasteiger partial charge in [0, 0.05) is 18.8 Å². The van der Waals surface area contributed by atoms with Crippen LogP contribution in [0.15, 0.2) is 42.5 Å². The molecule has 21 heavy (non-hydrogen) atoms. The highest BCUT2D eigenvalue weighted by atomic mass is 16.5. The van der Waals surface area contributed by atoms with Gasteiger partial charge in [0.1, 0.15) is 11.6 Å². The van der Waals surface area contributed by atoms with Crippen molar-refractivity contribution in [2.45, 2.75) is 13.5 Å². The van der Waals surface area contributed by atoms with E-state index in [1.54, 1.807) is 7.11 Å². The third kappa shape index (κ3) is 2.70. The van der Waals surface area contributed by atoms with Gasteiger partial charge < -0.3 is 14.6 Å². The first-order valence-electron chi connectivity index (χ1n) is 6.97. The molecule has 0 amide bonds. The second-order valence-corrected chi connectivity index (χ2v) is 5.16. The van der Waals surface area contributed by atoms with Gasteiger partial charge in [0.25, 0.3) is 0 Å². The van der Waals surface area contributed by atoms with Gasteiger partial charge in [-0.2, -0.15) is 0 Å². The molecule has 0 saturated heterocycles. The van der Waals surface area contributed by atoms with Crippen LogP contribution in [0.5, 0.6) is 5.75 Å². The Kier molecular flexibility index (Phi) is 3.52. The van der Waals surface area contributed by atoms with Crippen LogP contribution in [0.1, 0.15) is 11.4 Å². The van der Waals surface area contributed by atoms with Gasteiger partial charge in [-0.05, 0) is 31.2 Å². The van der Waals surface area contributed by atoms with E-state index in [4.69, 9.17) is 4.74 Å². The predicted octanol–water partition coefficient (Wildman–Crippen LogP) is 3.50. The molecule has 4 heteroatoms. The van der Waals surface area contributed by atoms with Gasteiger partial charge in [0.2, 0.25) is 0 Å². The molecule has 3 aromatic rings. The van der Waals surface area contributed by atoms with E-state index >= 15 is 0 Å². The van der Waals surface area contributed by atoms with Gasteiger partial charge in [-0.25, -0.2) is 4.98 Å². The highest BCUT2D eigenvalue weighted by Gasteiger charge is 2.08. The minimum atomic E-state index is 0.691. The molecule has 2 aromatic carbocycles. The van der Waals surface area contributed by atoms with Crippen LogP contribution in [0.2, 0.25) is 0 Å². The molecule has 4 nitrogen and oxygen atoms in total. The number of anilines is 1. The molecule has 0 atom stereocenters. The fourth-order valence-electron chi connectivity index (χ4n) is 2.37. The molecule has 0 radical (unpaired) electrons. The topological polar surface area (TPSA) is 39.1 Å². The maximum atomic E-state index is 5.25. The molecule has 108 valence electrons. The van der Waals surface area contributed by atoms with Crippen LogP contribution >= 0.6 is 0 Å². The molecule has 0 aliphatic rings. The summed E-state index contributed by atoms with van der Waals surface area (Å²) in [6, 6.07) is 14.3. The maximum Gasteiger partial charge on any atom is 0.128 e. The predicted molar refractivity (Wildman–Crippen MR) is 85.8 cm³/mol. The van der Waals surface area contributed by atoms with Crippen LogP contribution in [0, 0.1) is 6.92 Å². The number of aromatic nitrogens is 2. The van der Waals surface area contributed by atoms with E-state index < -0.39 is 0 Å². The summed E-state index contributed by atoms with van der Waals surface area (Å²) in [7, 11) is 3.71. The summed E-state index contributed by atoms with van der Waals surface area (Å²) in [6.07, 6.45) is 0. The Morgan fingerprint density at radius 1 is 1.14 bits per heavy atom. The highest BCUT2D eigenvalue weighted by Crippen LogP contribution is 2.21. The van der Waals surface area contributed by atoms with Crippen molar-refractivity contribution in [2.24, 2.45) is 7.05 Å². The van der Waals surface area contributed by atoms with Crippen molar-refractivity contribution < 1.29 is 4.74 Å². The lowest BCUT2D eigenvalue weighted by Crippen LogP contribution is -2.05. The Bertz CT molecular complexity index is 760. The number of fused-ring (bicyclic) bond motifs is 1. The summed E-state index contributed by atoms with van der Waals surface area (Å²) >= 11 is 0. The van der Waals surface area contributed by atoms with Gasteiger partial charge in [0.05, 0.1) is 24.7 Å². The SMILES string of the molecule is COc1ccc2c(c1)nc(CNc1ccc(C)cc1)n2C. The van der Waals surface area contributed by atoms with E-state index in [1.165, 1.54) is 5.56 Å². The molecule has 0 unspecified atom stereocenters. The molecule has 0 aliphatic carbocycles. The van der Waals surface area contributed by atoms with Gasteiger partial charge in [-0.15, -0.1) is 0 Å². The minimum Gasteiger partial charge on any atom is -0.497 e. The molecule has 0 aliphatic heterocycles. The standard InChI is InChI=1S/C17H19N3O/c1-12-4-6-13(7-5-12)18-11-17-19-15-10-14(21-3)8-9-16(15)20(17)2/h4-10,18H,11H2,1-3H3. The molecule has 0 spiro atoms. The number of rotatable bonds is 4. The number of benzene rings is 2. The maximum absolute atomic E-state index is 5.25. The Balaban J connectivity index is 1.83. The smallest absolute Gasteiger partial charge is 0.128 e. The Labute approximate surface area is 124 Å². The van der Waals surface area contributed by atoms with E-state index in [0.717, 1.165) is 28.3 Å². The van der Waals surface area contributed by atoms with Crippen LogP contribution in [0.4, 0.5) is 5.69 Å². The van der Waals surface area contributed by atoms with Crippen molar-refractivity contribution in [1.82, 2.24) is 9.55 Å². The first kappa shape index (κ1) is 13.5. The number of imidazole rings is 1. The van der Waals surface area contributed by atoms with Gasteiger partial charge in [-0.1, -0.05) is 17.7 Å². The number of hydrogen-bond donors (Lipinski definition) is 1. The number of hydrogen-bond acceptors (Lipinski definition) is 3. The van der Waals surface area contributed by atoms with E-state index in [2.05, 4.69) is 46.1 Å². The van der Waals surface area contributed by atoms with E-state index in [-0.39, 0.29) is 0 Å². The summed E-state index contributed by atoms with van der Waals surface area (Å²) in [5.74, 6) is 1.83. The molecule has 1 heterocycles. The third-order valence-corrected chi connectivity index (χ3v) is 3.68. The van der Waals surface area contributed by atoms with E-state index in [0.29, 0.717) is 6.54 Å². The average molecular weight is 281 g/mol. The summed E-state index contributed by atoms with van der Waals surface area (Å²) in [5, 5.41) is 3.40. The largest absolute Gasteiger partial charge is 0.497 e. The van der Waals surface area contributed by atoms with E-state index in [9.17, 15) is 0 Å². The van der Waals surface area contributed by atoms with Crippen LogP contribution in [0.25, 0.3) is 11.0 Å². The fourth-order valence-corrected chi connectivity index (χ4v) is 2.37. The first-order chi connectivity index (χ1) is 10.2. The summed E-state index contributed by atoms with van der Waals surface area (Å²) in [5.41, 5.74) is 4.43. The second-order valence-electron chi connectivity index (χ2n) is 5.16. The third-order valence-electron chi connectivity index (χ3n) is 3.68. The molecule has 1 N–H and O–H groups in total. The lowest BCUT2D eigenvalue weighted by molar-refractivity contribution is 0.415. The van der Waals surface area contributed by atoms with Crippen LogP contribution in [0.3, 0.4) is 0 Å². The lowest BCUT2D eigenvalue weighted by Gasteiger charge is -2.07. The number of aryl methyl sites for hydroxylation is 2. The number of methoxy groups -OCH3 is 1. The molecule has 0 bridgehead atoms. The number of nitrogens with zero attached hydrogens (tertiary/aromatic N) is 2. The molecule has 0 saturated carbocycles. The van der Waals surface area contributed by atoms with Crippen molar-refractivity contribution >= 4 is 16.7 Å². The molecule has 0 fully saturated rings. The van der Waals surface area contributed by atoms with Crippen LogP contribution in [-0.4, -0.2) is 16.7 Å². The van der Waals surface area contributed by atoms with Gasteiger partial charge in [-0.3, -0.25) is 0 Å². The minimum absolute atomic E-state index is 0.691. The lowest BCUT2D eigenvalue weighted by atomic mass is 10.2. The zero-order valence-electron chi connectivity index (χ0n) is 12.6. The summed E-state index contributed by atoms with van der Waals surface area (Å²) < 4.78 is 7.35. The molecule has 3 rings (SSSR count). The van der Waals surface area contributed by atoms with Crippen molar-refractivity contribution in [1.29, 1.82) is 0 Å². The summed E-state index contributed by atoms with van der Waals surface area (Å²) in [6.45, 7) is 2.78. The van der Waals surface area contributed by atoms with Crippen LogP contribution < -0.4 is 10.1 Å². The number of ether oxygens (including phenoxy) is 1. The van der Waals surface area contributed by atoms with Gasteiger partial charge in [0.15, 0.2) is 0 Å². The monoisotopic (exact) mass is 281 g/mol. The Morgan fingerprint density at radius 3 is 2.62 bits per heavy atom. The number of nitrogens with one attached hydrogen (secondary N) is 1. The summed E-state index contributed by atoms with van der Waals surface area (Å²) in [4.78, 5) is 4.67. The van der Waals surface area contributed by atoms with Gasteiger partial charge >= 0.3 is 0 Å².